The van der Waals surface area contributed by atoms with Gasteiger partial charge < -0.3 is 0 Å². The SMILES string of the molecule is Cc1cnc(C(C)NS(=O)(=O)c2ccc(CBr)cc2)s1. The van der Waals surface area contributed by atoms with Crippen LogP contribution in [-0.2, 0) is 15.4 Å². The number of hydrogen-bond donors (Lipinski definition) is 1. The van der Waals surface area contributed by atoms with E-state index in [0.29, 0.717) is 5.33 Å². The molecule has 0 spiro atoms. The summed E-state index contributed by atoms with van der Waals surface area (Å²) in [6, 6.07) is 6.47. The summed E-state index contributed by atoms with van der Waals surface area (Å²) < 4.78 is 27.2. The van der Waals surface area contributed by atoms with Crippen LogP contribution in [0.1, 0.15) is 28.4 Å². The van der Waals surface area contributed by atoms with Crippen LogP contribution in [0.25, 0.3) is 0 Å². The molecule has 0 aliphatic heterocycles. The number of rotatable bonds is 5. The lowest BCUT2D eigenvalue weighted by Gasteiger charge is -2.12. The average Bonchev–Trinajstić information content (AvgIpc) is 2.85. The van der Waals surface area contributed by atoms with Gasteiger partial charge in [-0.3, -0.25) is 0 Å². The van der Waals surface area contributed by atoms with E-state index in [2.05, 4.69) is 25.6 Å². The summed E-state index contributed by atoms with van der Waals surface area (Å²) in [6.45, 7) is 3.74. The standard InChI is InChI=1S/C13H15BrN2O2S2/c1-9-8-15-13(19-9)10(2)16-20(17,18)12-5-3-11(7-14)4-6-12/h3-6,8,10,16H,7H2,1-2H3. The van der Waals surface area contributed by atoms with Gasteiger partial charge in [-0.2, -0.15) is 0 Å². The van der Waals surface area contributed by atoms with E-state index in [1.165, 1.54) is 11.3 Å². The molecular weight excluding hydrogens is 360 g/mol. The van der Waals surface area contributed by atoms with E-state index >= 15 is 0 Å². The Kier molecular flexibility index (Phi) is 4.95. The van der Waals surface area contributed by atoms with Crippen LogP contribution >= 0.6 is 27.3 Å². The van der Waals surface area contributed by atoms with Crippen LogP contribution in [0, 0.1) is 6.92 Å². The largest absolute Gasteiger partial charge is 0.248 e. The fourth-order valence-electron chi connectivity index (χ4n) is 1.68. The van der Waals surface area contributed by atoms with Crippen molar-refractivity contribution in [2.45, 2.75) is 30.1 Å². The maximum atomic E-state index is 12.3. The molecule has 4 nitrogen and oxygen atoms in total. The molecule has 0 amide bonds. The zero-order valence-corrected chi connectivity index (χ0v) is 14.3. The van der Waals surface area contributed by atoms with E-state index in [0.717, 1.165) is 15.4 Å². The van der Waals surface area contributed by atoms with Crippen molar-refractivity contribution in [3.63, 3.8) is 0 Å². The van der Waals surface area contributed by atoms with E-state index in [1.54, 1.807) is 37.4 Å². The Morgan fingerprint density at radius 1 is 1.35 bits per heavy atom. The summed E-state index contributed by atoms with van der Waals surface area (Å²) in [6.07, 6.45) is 1.75. The summed E-state index contributed by atoms with van der Waals surface area (Å²) in [5.74, 6) is 0. The van der Waals surface area contributed by atoms with Crippen molar-refractivity contribution in [3.05, 3.63) is 45.9 Å². The third kappa shape index (κ3) is 3.66. The van der Waals surface area contributed by atoms with Crippen molar-refractivity contribution in [1.29, 1.82) is 0 Å². The van der Waals surface area contributed by atoms with Crippen molar-refractivity contribution in [2.75, 3.05) is 0 Å². The van der Waals surface area contributed by atoms with Gasteiger partial charge >= 0.3 is 0 Å². The Balaban J connectivity index is 2.17. The summed E-state index contributed by atoms with van der Waals surface area (Å²) in [5, 5.41) is 1.47. The number of sulfonamides is 1. The highest BCUT2D eigenvalue weighted by Gasteiger charge is 2.19. The Bertz CT molecular complexity index is 681. The quantitative estimate of drug-likeness (QED) is 0.815. The lowest BCUT2D eigenvalue weighted by Crippen LogP contribution is -2.26. The minimum atomic E-state index is -3.52. The van der Waals surface area contributed by atoms with E-state index in [-0.39, 0.29) is 10.9 Å². The smallest absolute Gasteiger partial charge is 0.241 e. The van der Waals surface area contributed by atoms with Crippen LogP contribution in [0.15, 0.2) is 35.4 Å². The normalized spacial score (nSPS) is 13.3. The number of alkyl halides is 1. The van der Waals surface area contributed by atoms with Crippen molar-refractivity contribution in [1.82, 2.24) is 9.71 Å². The van der Waals surface area contributed by atoms with Crippen LogP contribution in [0.4, 0.5) is 0 Å². The van der Waals surface area contributed by atoms with Crippen LogP contribution in [0.3, 0.4) is 0 Å². The number of halogens is 1. The molecule has 20 heavy (non-hydrogen) atoms. The number of nitrogens with one attached hydrogen (secondary N) is 1. The third-order valence-corrected chi connectivity index (χ3v) is 6.03. The minimum Gasteiger partial charge on any atom is -0.248 e. The van der Waals surface area contributed by atoms with Gasteiger partial charge in [-0.05, 0) is 31.5 Å². The highest BCUT2D eigenvalue weighted by atomic mass is 79.9. The predicted molar refractivity (Wildman–Crippen MR) is 84.7 cm³/mol. The first-order valence-corrected chi connectivity index (χ1v) is 9.44. The first-order chi connectivity index (χ1) is 9.42. The second-order valence-corrected chi connectivity index (χ2v) is 7.97. The van der Waals surface area contributed by atoms with Crippen LogP contribution in [0.5, 0.6) is 0 Å². The van der Waals surface area contributed by atoms with E-state index in [4.69, 9.17) is 0 Å². The lowest BCUT2D eigenvalue weighted by atomic mass is 10.2. The fraction of sp³-hybridized carbons (Fsp3) is 0.308. The third-order valence-electron chi connectivity index (χ3n) is 2.73. The monoisotopic (exact) mass is 374 g/mol. The maximum Gasteiger partial charge on any atom is 0.241 e. The molecule has 0 fully saturated rings. The number of thiazole rings is 1. The minimum absolute atomic E-state index is 0.266. The molecule has 0 radical (unpaired) electrons. The van der Waals surface area contributed by atoms with Crippen molar-refractivity contribution >= 4 is 37.3 Å². The van der Waals surface area contributed by atoms with E-state index in [9.17, 15) is 8.42 Å². The molecule has 1 aromatic heterocycles. The topological polar surface area (TPSA) is 59.1 Å². The molecule has 1 N–H and O–H groups in total. The predicted octanol–water partition coefficient (Wildman–Crippen LogP) is 3.39. The van der Waals surface area contributed by atoms with Gasteiger partial charge in [0.25, 0.3) is 0 Å². The van der Waals surface area contributed by atoms with Gasteiger partial charge in [0.05, 0.1) is 10.9 Å². The Morgan fingerprint density at radius 2 is 2.00 bits per heavy atom. The summed E-state index contributed by atoms with van der Waals surface area (Å²) in [7, 11) is -3.52. The highest BCUT2D eigenvalue weighted by Crippen LogP contribution is 2.21. The van der Waals surface area contributed by atoms with Gasteiger partial charge in [-0.15, -0.1) is 11.3 Å². The summed E-state index contributed by atoms with van der Waals surface area (Å²) >= 11 is 4.83. The summed E-state index contributed by atoms with van der Waals surface area (Å²) in [4.78, 5) is 5.54. The van der Waals surface area contributed by atoms with Crippen LogP contribution in [-0.4, -0.2) is 13.4 Å². The Labute approximate surface area is 131 Å². The fourth-order valence-corrected chi connectivity index (χ4v) is 4.11. The molecule has 1 aromatic carbocycles. The molecule has 0 saturated heterocycles. The van der Waals surface area contributed by atoms with Crippen molar-refractivity contribution < 1.29 is 8.42 Å². The number of aryl methyl sites for hydroxylation is 1. The van der Waals surface area contributed by atoms with Gasteiger partial charge in [0.2, 0.25) is 10.0 Å². The van der Waals surface area contributed by atoms with Gasteiger partial charge in [0.1, 0.15) is 5.01 Å². The first-order valence-electron chi connectivity index (χ1n) is 6.02. The number of nitrogens with zero attached hydrogens (tertiary/aromatic N) is 1. The Morgan fingerprint density at radius 3 is 2.50 bits per heavy atom. The van der Waals surface area contributed by atoms with Gasteiger partial charge in [-0.25, -0.2) is 18.1 Å². The number of aromatic nitrogens is 1. The second kappa shape index (κ2) is 6.34. The van der Waals surface area contributed by atoms with E-state index < -0.39 is 10.0 Å². The Hall–Kier alpha value is -0.760. The zero-order chi connectivity index (χ0) is 14.8. The average molecular weight is 375 g/mol. The van der Waals surface area contributed by atoms with Crippen molar-refractivity contribution in [3.8, 4) is 0 Å². The molecule has 108 valence electrons. The molecule has 0 aliphatic rings. The molecule has 1 heterocycles. The number of benzene rings is 1. The molecule has 2 aromatic rings. The first kappa shape index (κ1) is 15.6. The van der Waals surface area contributed by atoms with Crippen LogP contribution in [0.2, 0.25) is 0 Å². The lowest BCUT2D eigenvalue weighted by molar-refractivity contribution is 0.566. The van der Waals surface area contributed by atoms with Gasteiger partial charge in [0, 0.05) is 16.4 Å². The van der Waals surface area contributed by atoms with Crippen molar-refractivity contribution in [2.24, 2.45) is 0 Å². The van der Waals surface area contributed by atoms with Crippen LogP contribution < -0.4 is 4.72 Å². The molecule has 1 unspecified atom stereocenters. The molecule has 0 aliphatic carbocycles. The number of hydrogen-bond acceptors (Lipinski definition) is 4. The molecular formula is C13H15BrN2O2S2. The maximum absolute atomic E-state index is 12.3. The van der Waals surface area contributed by atoms with E-state index in [1.807, 2.05) is 6.92 Å². The molecule has 1 atom stereocenters. The summed E-state index contributed by atoms with van der Waals surface area (Å²) in [5.41, 5.74) is 1.03. The second-order valence-electron chi connectivity index (χ2n) is 4.43. The van der Waals surface area contributed by atoms with Gasteiger partial charge in [0.15, 0.2) is 0 Å². The molecule has 7 heteroatoms. The highest BCUT2D eigenvalue weighted by molar-refractivity contribution is 9.08. The zero-order valence-electron chi connectivity index (χ0n) is 11.1. The molecule has 0 bridgehead atoms. The molecule has 0 saturated carbocycles. The molecule has 2 rings (SSSR count). The van der Waals surface area contributed by atoms with Gasteiger partial charge in [-0.1, -0.05) is 28.1 Å².